The van der Waals surface area contributed by atoms with E-state index in [0.717, 1.165) is 49.0 Å². The van der Waals surface area contributed by atoms with Crippen molar-refractivity contribution in [3.05, 3.63) is 82.2 Å². The smallest absolute Gasteiger partial charge is 0.322 e. The number of allylic oxidation sites excluding steroid dienone is 3. The molecule has 1 N–H and O–H groups in total. The molecule has 1 aliphatic carbocycles. The van der Waals surface area contributed by atoms with Gasteiger partial charge in [-0.25, -0.2) is 0 Å². The van der Waals surface area contributed by atoms with Crippen molar-refractivity contribution in [3.63, 3.8) is 0 Å². The summed E-state index contributed by atoms with van der Waals surface area (Å²) in [6.45, 7) is 5.69. The Kier molecular flexibility index (Phi) is 7.92. The Morgan fingerprint density at radius 1 is 1.11 bits per heavy atom. The summed E-state index contributed by atoms with van der Waals surface area (Å²) in [5.74, 6) is 5.74. The number of amides is 1. The molecule has 1 aromatic heterocycles. The fraction of sp³-hybridized carbons (Fsp3) is 0.357. The van der Waals surface area contributed by atoms with Crippen molar-refractivity contribution in [2.24, 2.45) is 0 Å². The molecule has 0 spiro atoms. The molecule has 36 heavy (non-hydrogen) atoms. The third kappa shape index (κ3) is 6.84. The second kappa shape index (κ2) is 11.1. The first-order valence-electron chi connectivity index (χ1n) is 11.9. The highest BCUT2D eigenvalue weighted by Crippen LogP contribution is 2.33. The van der Waals surface area contributed by atoms with Crippen LogP contribution in [0.25, 0.3) is 0 Å². The summed E-state index contributed by atoms with van der Waals surface area (Å²) in [7, 11) is 2.03. The van der Waals surface area contributed by atoms with Gasteiger partial charge in [-0.1, -0.05) is 17.4 Å². The Labute approximate surface area is 209 Å². The van der Waals surface area contributed by atoms with Gasteiger partial charge < -0.3 is 10.2 Å². The number of hydrogen-bond donors (Lipinski definition) is 1. The summed E-state index contributed by atoms with van der Waals surface area (Å²) in [5.41, 5.74) is 2.98. The topological polar surface area (TPSA) is 48.5 Å². The Morgan fingerprint density at radius 3 is 2.58 bits per heavy atom. The monoisotopic (exact) mass is 494 g/mol. The number of nitrogens with zero attached hydrogens (tertiary/aromatic N) is 3. The zero-order valence-corrected chi connectivity index (χ0v) is 20.5. The Morgan fingerprint density at radius 2 is 1.89 bits per heavy atom. The number of alkyl halides is 3. The van der Waals surface area contributed by atoms with E-state index in [1.807, 2.05) is 20.0 Å². The number of pyridine rings is 1. The van der Waals surface area contributed by atoms with Crippen LogP contribution in [-0.2, 0) is 17.5 Å². The number of carbonyl (C=O) groups excluding carboxylic acids is 1. The molecule has 0 bridgehead atoms. The molecule has 188 valence electrons. The number of piperazine rings is 1. The van der Waals surface area contributed by atoms with Gasteiger partial charge in [0.2, 0.25) is 0 Å². The highest BCUT2D eigenvalue weighted by molar-refractivity contribution is 6.04. The molecular weight excluding hydrogens is 465 g/mol. The molecule has 1 fully saturated rings. The van der Waals surface area contributed by atoms with Crippen LogP contribution < -0.4 is 5.32 Å². The Bertz CT molecular complexity index is 1230. The second-order valence-corrected chi connectivity index (χ2v) is 9.31. The molecule has 4 rings (SSSR count). The van der Waals surface area contributed by atoms with Gasteiger partial charge >= 0.3 is 6.18 Å². The molecule has 1 aliphatic heterocycles. The largest absolute Gasteiger partial charge is 0.416 e. The van der Waals surface area contributed by atoms with Crippen molar-refractivity contribution in [2.75, 3.05) is 38.5 Å². The van der Waals surface area contributed by atoms with Crippen LogP contribution in [0.3, 0.4) is 0 Å². The minimum absolute atomic E-state index is 0.147. The van der Waals surface area contributed by atoms with Gasteiger partial charge in [0.05, 0.1) is 5.56 Å². The molecule has 0 saturated carbocycles. The Hall–Kier alpha value is -3.41. The molecule has 2 aromatic rings. The van der Waals surface area contributed by atoms with Crippen LogP contribution in [0.4, 0.5) is 18.9 Å². The number of aromatic nitrogens is 1. The van der Waals surface area contributed by atoms with Crippen LogP contribution in [-0.4, -0.2) is 53.9 Å². The van der Waals surface area contributed by atoms with E-state index in [0.29, 0.717) is 30.5 Å². The average molecular weight is 495 g/mol. The molecule has 5 nitrogen and oxygen atoms in total. The lowest BCUT2D eigenvalue weighted by atomic mass is 9.92. The van der Waals surface area contributed by atoms with E-state index in [2.05, 4.69) is 31.9 Å². The van der Waals surface area contributed by atoms with E-state index in [4.69, 9.17) is 0 Å². The van der Waals surface area contributed by atoms with Gasteiger partial charge in [0.1, 0.15) is 0 Å². The number of rotatable bonds is 4. The minimum atomic E-state index is -4.50. The average Bonchev–Trinajstić information content (AvgIpc) is 2.85. The van der Waals surface area contributed by atoms with Gasteiger partial charge in [-0.05, 0) is 68.8 Å². The lowest BCUT2D eigenvalue weighted by Crippen LogP contribution is -2.43. The number of halogens is 3. The second-order valence-electron chi connectivity index (χ2n) is 9.31. The first-order valence-corrected chi connectivity index (χ1v) is 11.9. The fourth-order valence-electron chi connectivity index (χ4n) is 4.22. The number of nitrogens with one attached hydrogen (secondary N) is 1. The maximum Gasteiger partial charge on any atom is 0.416 e. The van der Waals surface area contributed by atoms with Crippen molar-refractivity contribution in [3.8, 4) is 11.8 Å². The number of carbonyl (C=O) groups is 1. The normalized spacial score (nSPS) is 17.3. The van der Waals surface area contributed by atoms with Crippen LogP contribution >= 0.6 is 0 Å². The molecule has 1 aromatic carbocycles. The van der Waals surface area contributed by atoms with Crippen molar-refractivity contribution < 1.29 is 18.0 Å². The van der Waals surface area contributed by atoms with Gasteiger partial charge in [-0.3, -0.25) is 14.7 Å². The fourth-order valence-corrected chi connectivity index (χ4v) is 4.22. The van der Waals surface area contributed by atoms with Crippen LogP contribution in [0, 0.1) is 11.8 Å². The minimum Gasteiger partial charge on any atom is -0.322 e. The van der Waals surface area contributed by atoms with Gasteiger partial charge in [0.15, 0.2) is 0 Å². The van der Waals surface area contributed by atoms with Gasteiger partial charge in [0.25, 0.3) is 5.91 Å². The van der Waals surface area contributed by atoms with Crippen molar-refractivity contribution in [2.45, 2.75) is 32.5 Å². The van der Waals surface area contributed by atoms with E-state index in [1.165, 1.54) is 6.07 Å². The number of benzene rings is 1. The lowest BCUT2D eigenvalue weighted by molar-refractivity contribution is -0.137. The highest BCUT2D eigenvalue weighted by atomic mass is 19.4. The zero-order chi connectivity index (χ0) is 25.7. The Balaban J connectivity index is 1.53. The third-order valence-corrected chi connectivity index (χ3v) is 6.42. The van der Waals surface area contributed by atoms with Gasteiger partial charge in [0, 0.05) is 67.5 Å². The molecule has 1 saturated heterocycles. The summed E-state index contributed by atoms with van der Waals surface area (Å²) >= 11 is 0. The van der Waals surface area contributed by atoms with Crippen LogP contribution in [0.5, 0.6) is 0 Å². The standard InChI is InChI=1S/C28H29F3N4O/c1-20-5-7-24(16-23(20)8-6-21-4-3-9-32-18-21)27(36)33-26-15-22(14-25(17-26)28(29,30)31)19-35-12-10-34(2)11-13-35/h3-4,9,14-18H,5,7,10-13,19H2,1-2H3,(H,33,36). The summed E-state index contributed by atoms with van der Waals surface area (Å²) in [6.07, 6.45) is 1.72. The summed E-state index contributed by atoms with van der Waals surface area (Å²) in [4.78, 5) is 21.4. The summed E-state index contributed by atoms with van der Waals surface area (Å²) < 4.78 is 40.9. The van der Waals surface area contributed by atoms with E-state index in [-0.39, 0.29) is 5.69 Å². The SMILES string of the molecule is CC1=C(C#Cc2cccnc2)C=C(C(=O)Nc2cc(CN3CCN(C)CC3)cc(C(F)(F)F)c2)CC1. The predicted molar refractivity (Wildman–Crippen MR) is 134 cm³/mol. The van der Waals surface area contributed by atoms with Crippen molar-refractivity contribution in [1.29, 1.82) is 0 Å². The molecule has 0 radical (unpaired) electrons. The molecule has 2 aliphatic rings. The van der Waals surface area contributed by atoms with Crippen LogP contribution in [0.1, 0.15) is 36.5 Å². The van der Waals surface area contributed by atoms with Gasteiger partial charge in [-0.2, -0.15) is 13.2 Å². The molecule has 2 heterocycles. The van der Waals surface area contributed by atoms with Crippen molar-refractivity contribution >= 4 is 11.6 Å². The van der Waals surface area contributed by atoms with Gasteiger partial charge in [-0.15, -0.1) is 0 Å². The molecular formula is C28H29F3N4O. The quantitative estimate of drug-likeness (QED) is 0.616. The van der Waals surface area contributed by atoms with Crippen LogP contribution in [0.15, 0.2) is 65.5 Å². The lowest BCUT2D eigenvalue weighted by Gasteiger charge is -2.32. The van der Waals surface area contributed by atoms with Crippen molar-refractivity contribution in [1.82, 2.24) is 14.8 Å². The van der Waals surface area contributed by atoms with E-state index < -0.39 is 17.6 Å². The van der Waals surface area contributed by atoms with E-state index >= 15 is 0 Å². The van der Waals surface area contributed by atoms with E-state index in [9.17, 15) is 18.0 Å². The summed E-state index contributed by atoms with van der Waals surface area (Å²) in [6, 6.07) is 7.46. The molecule has 1 amide bonds. The third-order valence-electron chi connectivity index (χ3n) is 6.42. The zero-order valence-electron chi connectivity index (χ0n) is 20.5. The summed E-state index contributed by atoms with van der Waals surface area (Å²) in [5, 5.41) is 2.70. The highest BCUT2D eigenvalue weighted by Gasteiger charge is 2.31. The van der Waals surface area contributed by atoms with E-state index in [1.54, 1.807) is 30.6 Å². The molecule has 0 atom stereocenters. The van der Waals surface area contributed by atoms with Crippen LogP contribution in [0.2, 0.25) is 0 Å². The predicted octanol–water partition coefficient (Wildman–Crippen LogP) is 4.87. The number of hydrogen-bond acceptors (Lipinski definition) is 4. The maximum absolute atomic E-state index is 13.6. The maximum atomic E-state index is 13.6. The first kappa shape index (κ1) is 25.7. The molecule has 8 heteroatoms. The molecule has 0 unspecified atom stereocenters. The number of likely N-dealkylation sites (N-methyl/N-ethyl adjacent to an activating group) is 1. The number of anilines is 1. The first-order chi connectivity index (χ1) is 17.2.